The fraction of sp³-hybridized carbons (Fsp3) is 0.500. The Balaban J connectivity index is 2.06. The molecule has 1 aliphatic heterocycles. The number of alkyl halides is 3. The van der Waals surface area contributed by atoms with E-state index in [0.717, 1.165) is 12.1 Å². The molecule has 0 bridgehead atoms. The predicted molar refractivity (Wildman–Crippen MR) is 69.6 cm³/mol. The Morgan fingerprint density at radius 3 is 2.67 bits per heavy atom. The van der Waals surface area contributed by atoms with Crippen LogP contribution in [-0.2, 0) is 15.7 Å². The van der Waals surface area contributed by atoms with Crippen molar-refractivity contribution in [1.29, 1.82) is 5.26 Å². The third-order valence-corrected chi connectivity index (χ3v) is 3.05. The van der Waals surface area contributed by atoms with E-state index < -0.39 is 17.5 Å². The molecule has 7 heteroatoms. The zero-order valence-electron chi connectivity index (χ0n) is 11.6. The van der Waals surface area contributed by atoms with Crippen LogP contribution in [0.2, 0.25) is 0 Å². The minimum absolute atomic E-state index is 0.0528. The van der Waals surface area contributed by atoms with Gasteiger partial charge in [0.05, 0.1) is 23.4 Å². The van der Waals surface area contributed by atoms with Gasteiger partial charge in [-0.2, -0.15) is 18.4 Å². The molecular weight excluding hydrogens is 285 g/mol. The third kappa shape index (κ3) is 3.86. The van der Waals surface area contributed by atoms with Crippen molar-refractivity contribution in [2.45, 2.75) is 31.9 Å². The molecule has 1 atom stereocenters. The summed E-state index contributed by atoms with van der Waals surface area (Å²) >= 11 is 0. The van der Waals surface area contributed by atoms with Crippen LogP contribution in [-0.4, -0.2) is 25.0 Å². The summed E-state index contributed by atoms with van der Waals surface area (Å²) in [5, 5.41) is 11.9. The lowest BCUT2D eigenvalue weighted by molar-refractivity contribution is -0.138. The number of ether oxygens (including phenoxy) is 2. The highest BCUT2D eigenvalue weighted by molar-refractivity contribution is 5.59. The second-order valence-corrected chi connectivity index (χ2v) is 5.20. The van der Waals surface area contributed by atoms with E-state index in [9.17, 15) is 13.2 Å². The van der Waals surface area contributed by atoms with Gasteiger partial charge in [0.1, 0.15) is 12.2 Å². The summed E-state index contributed by atoms with van der Waals surface area (Å²) in [4.78, 5) is 0. The molecule has 0 aliphatic carbocycles. The molecule has 1 fully saturated rings. The summed E-state index contributed by atoms with van der Waals surface area (Å²) < 4.78 is 48.7. The van der Waals surface area contributed by atoms with Gasteiger partial charge in [-0.15, -0.1) is 0 Å². The molecule has 1 N–H and O–H groups in total. The average Bonchev–Trinajstić information content (AvgIpc) is 2.74. The summed E-state index contributed by atoms with van der Waals surface area (Å²) in [5.41, 5.74) is -0.548. The smallest absolute Gasteiger partial charge is 0.381 e. The number of hydrogen-bond donors (Lipinski definition) is 1. The van der Waals surface area contributed by atoms with Crippen molar-refractivity contribution in [3.8, 4) is 6.07 Å². The molecule has 0 spiro atoms. The second kappa shape index (κ2) is 5.54. The number of nitriles is 1. The van der Waals surface area contributed by atoms with Gasteiger partial charge in [-0.3, -0.25) is 0 Å². The van der Waals surface area contributed by atoms with Crippen LogP contribution in [0.1, 0.15) is 25.0 Å². The predicted octanol–water partition coefficient (Wildman–Crippen LogP) is 3.14. The minimum atomic E-state index is -4.46. The van der Waals surface area contributed by atoms with Crippen molar-refractivity contribution < 1.29 is 22.6 Å². The first-order chi connectivity index (χ1) is 9.71. The largest absolute Gasteiger partial charge is 0.416 e. The number of nitrogens with zero attached hydrogens (tertiary/aromatic N) is 1. The molecule has 1 saturated heterocycles. The lowest BCUT2D eigenvalue weighted by Gasteiger charge is -2.18. The molecule has 114 valence electrons. The molecule has 1 aromatic carbocycles. The normalized spacial score (nSPS) is 21.0. The molecule has 21 heavy (non-hydrogen) atoms. The fourth-order valence-corrected chi connectivity index (χ4v) is 2.05. The van der Waals surface area contributed by atoms with Crippen molar-refractivity contribution in [3.05, 3.63) is 29.3 Å². The Bertz CT molecular complexity index is 564. The number of nitrogens with one attached hydrogen (secondary N) is 1. The molecule has 1 aromatic rings. The Labute approximate surface area is 120 Å². The van der Waals surface area contributed by atoms with Crippen LogP contribution < -0.4 is 5.32 Å². The zero-order chi connectivity index (χ0) is 15.7. The number of rotatable bonds is 3. The summed E-state index contributed by atoms with van der Waals surface area (Å²) in [6, 6.07) is 4.79. The van der Waals surface area contributed by atoms with Crippen molar-refractivity contribution >= 4 is 5.69 Å². The van der Waals surface area contributed by atoms with Crippen LogP contribution in [0.5, 0.6) is 0 Å². The molecule has 0 radical (unpaired) electrons. The summed E-state index contributed by atoms with van der Waals surface area (Å²) in [6.07, 6.45) is -4.68. The van der Waals surface area contributed by atoms with Gasteiger partial charge in [0.25, 0.3) is 0 Å². The van der Waals surface area contributed by atoms with Crippen molar-refractivity contribution in [2.75, 3.05) is 18.5 Å². The van der Waals surface area contributed by atoms with Gasteiger partial charge < -0.3 is 14.8 Å². The van der Waals surface area contributed by atoms with Crippen LogP contribution in [0.3, 0.4) is 0 Å². The Morgan fingerprint density at radius 1 is 1.43 bits per heavy atom. The molecular formula is C14H15F3N2O2. The number of halogens is 3. The average molecular weight is 300 g/mol. The highest BCUT2D eigenvalue weighted by Gasteiger charge is 2.33. The first kappa shape index (κ1) is 15.6. The highest BCUT2D eigenvalue weighted by atomic mass is 19.4. The Morgan fingerprint density at radius 2 is 2.14 bits per heavy atom. The first-order valence-corrected chi connectivity index (χ1v) is 6.38. The van der Waals surface area contributed by atoms with E-state index in [-0.39, 0.29) is 11.7 Å². The topological polar surface area (TPSA) is 54.3 Å². The van der Waals surface area contributed by atoms with Gasteiger partial charge in [0, 0.05) is 6.54 Å². The second-order valence-electron chi connectivity index (χ2n) is 5.20. The Hall–Kier alpha value is -1.78. The molecule has 1 unspecified atom stereocenters. The maximum atomic E-state index is 12.6. The monoisotopic (exact) mass is 300 g/mol. The zero-order valence-corrected chi connectivity index (χ0v) is 11.6. The molecule has 2 rings (SSSR count). The minimum Gasteiger partial charge on any atom is -0.381 e. The standard InChI is InChI=1S/C14H15F3N2O2/c1-13(2)20-8-11(21-13)7-19-12-4-3-10(14(15,16)17)5-9(12)6-18/h3-5,11,19H,7-8H2,1-2H3. The van der Waals surface area contributed by atoms with E-state index in [2.05, 4.69) is 5.32 Å². The molecule has 1 aliphatic rings. The van der Waals surface area contributed by atoms with Gasteiger partial charge in [-0.1, -0.05) is 0 Å². The third-order valence-electron chi connectivity index (χ3n) is 3.05. The van der Waals surface area contributed by atoms with Crippen LogP contribution in [0.25, 0.3) is 0 Å². The molecule has 4 nitrogen and oxygen atoms in total. The van der Waals surface area contributed by atoms with Gasteiger partial charge in [0.2, 0.25) is 0 Å². The van der Waals surface area contributed by atoms with E-state index in [1.807, 2.05) is 0 Å². The lowest BCUT2D eigenvalue weighted by Crippen LogP contribution is -2.26. The van der Waals surface area contributed by atoms with Crippen LogP contribution in [0, 0.1) is 11.3 Å². The quantitative estimate of drug-likeness (QED) is 0.931. The van der Waals surface area contributed by atoms with E-state index >= 15 is 0 Å². The van der Waals surface area contributed by atoms with Crippen molar-refractivity contribution in [1.82, 2.24) is 0 Å². The number of hydrogen-bond acceptors (Lipinski definition) is 4. The number of benzene rings is 1. The summed E-state index contributed by atoms with van der Waals surface area (Å²) in [6.45, 7) is 4.31. The maximum absolute atomic E-state index is 12.6. The Kier molecular flexibility index (Phi) is 4.12. The van der Waals surface area contributed by atoms with Crippen LogP contribution in [0.15, 0.2) is 18.2 Å². The van der Waals surface area contributed by atoms with Crippen molar-refractivity contribution in [2.24, 2.45) is 0 Å². The van der Waals surface area contributed by atoms with E-state index in [1.54, 1.807) is 19.9 Å². The van der Waals surface area contributed by atoms with Crippen LogP contribution in [0.4, 0.5) is 18.9 Å². The SMILES string of the molecule is CC1(C)OCC(CNc2ccc(C(F)(F)F)cc2C#N)O1. The molecule has 1 heterocycles. The summed E-state index contributed by atoms with van der Waals surface area (Å²) in [7, 11) is 0. The maximum Gasteiger partial charge on any atom is 0.416 e. The highest BCUT2D eigenvalue weighted by Crippen LogP contribution is 2.32. The van der Waals surface area contributed by atoms with E-state index in [0.29, 0.717) is 18.8 Å². The van der Waals surface area contributed by atoms with Gasteiger partial charge >= 0.3 is 6.18 Å². The summed E-state index contributed by atoms with van der Waals surface area (Å²) in [5.74, 6) is -0.662. The van der Waals surface area contributed by atoms with Gasteiger partial charge in [-0.05, 0) is 32.0 Å². The van der Waals surface area contributed by atoms with E-state index in [1.165, 1.54) is 6.07 Å². The molecule has 0 amide bonds. The fourth-order valence-electron chi connectivity index (χ4n) is 2.05. The van der Waals surface area contributed by atoms with E-state index in [4.69, 9.17) is 14.7 Å². The molecule has 0 saturated carbocycles. The van der Waals surface area contributed by atoms with Crippen LogP contribution >= 0.6 is 0 Å². The lowest BCUT2D eigenvalue weighted by atomic mass is 10.1. The van der Waals surface area contributed by atoms with Gasteiger partial charge in [0.15, 0.2) is 5.79 Å². The number of anilines is 1. The molecule has 0 aromatic heterocycles. The van der Waals surface area contributed by atoms with Gasteiger partial charge in [-0.25, -0.2) is 0 Å². The first-order valence-electron chi connectivity index (χ1n) is 6.38. The van der Waals surface area contributed by atoms with Crippen molar-refractivity contribution in [3.63, 3.8) is 0 Å².